The van der Waals surface area contributed by atoms with E-state index in [0.29, 0.717) is 41.5 Å². The number of halogens is 1. The van der Waals surface area contributed by atoms with Crippen LogP contribution < -0.4 is 25.2 Å². The molecular formula is C31H33FN6O5S. The maximum Gasteiger partial charge on any atom is 0.248 e. The van der Waals surface area contributed by atoms with E-state index < -0.39 is 21.3 Å². The Morgan fingerprint density at radius 3 is 2.64 bits per heavy atom. The molecule has 13 heteroatoms. The van der Waals surface area contributed by atoms with E-state index in [1.54, 1.807) is 30.3 Å². The highest BCUT2D eigenvalue weighted by Gasteiger charge is 2.59. The minimum absolute atomic E-state index is 0.0209. The zero-order chi connectivity index (χ0) is 31.4. The Morgan fingerprint density at radius 1 is 1.16 bits per heavy atom. The Morgan fingerprint density at radius 2 is 1.93 bits per heavy atom. The van der Waals surface area contributed by atoms with E-state index in [-0.39, 0.29) is 47.2 Å². The lowest BCUT2D eigenvalue weighted by Crippen LogP contribution is -2.48. The molecule has 3 aromatic heterocycles. The van der Waals surface area contributed by atoms with Gasteiger partial charge >= 0.3 is 0 Å². The Hall–Kier alpha value is -4.36. The van der Waals surface area contributed by atoms with Crippen molar-refractivity contribution in [3.8, 4) is 17.0 Å². The first-order chi connectivity index (χ1) is 20.9. The lowest BCUT2D eigenvalue weighted by atomic mass is 9.57. The van der Waals surface area contributed by atoms with Gasteiger partial charge in [-0.15, -0.1) is 0 Å². The molecule has 44 heavy (non-hydrogen) atoms. The number of carbonyl (C=O) groups is 1. The summed E-state index contributed by atoms with van der Waals surface area (Å²) in [4.78, 5) is 38.9. The fourth-order valence-corrected chi connectivity index (χ4v) is 6.83. The van der Waals surface area contributed by atoms with Gasteiger partial charge in [0.05, 0.1) is 29.1 Å². The molecule has 1 aromatic carbocycles. The van der Waals surface area contributed by atoms with E-state index in [1.165, 1.54) is 24.4 Å². The molecule has 1 amide bonds. The van der Waals surface area contributed by atoms with Crippen LogP contribution >= 0.6 is 0 Å². The van der Waals surface area contributed by atoms with Crippen LogP contribution in [0, 0.1) is 5.82 Å². The van der Waals surface area contributed by atoms with Gasteiger partial charge in [-0.3, -0.25) is 19.3 Å². The van der Waals surface area contributed by atoms with Crippen molar-refractivity contribution in [2.45, 2.75) is 44.1 Å². The second kappa shape index (κ2) is 11.0. The van der Waals surface area contributed by atoms with Gasteiger partial charge in [-0.1, -0.05) is 19.9 Å². The molecule has 1 aliphatic carbocycles. The molecular weight excluding hydrogens is 587 g/mol. The summed E-state index contributed by atoms with van der Waals surface area (Å²) in [6, 6.07) is 9.70. The number of sulfonamides is 1. The molecule has 0 saturated heterocycles. The SMILES string of the molecule is CC(C)NCCOc1ncc(-c2cc3c4c(cnc3cc2F)N(C)C(=O)C42CC(c3cccc(=O)[nH]3)C2)cc1NS(C)(=O)=O. The van der Waals surface area contributed by atoms with Gasteiger partial charge in [0.2, 0.25) is 27.4 Å². The van der Waals surface area contributed by atoms with Crippen LogP contribution in [-0.2, 0) is 20.2 Å². The number of pyridine rings is 3. The molecule has 4 aromatic rings. The average molecular weight is 621 g/mol. The highest BCUT2D eigenvalue weighted by Crippen LogP contribution is 2.60. The van der Waals surface area contributed by atoms with E-state index in [0.717, 1.165) is 17.5 Å². The van der Waals surface area contributed by atoms with Crippen LogP contribution in [0.3, 0.4) is 0 Å². The number of nitrogens with one attached hydrogen (secondary N) is 3. The number of hydrogen-bond donors (Lipinski definition) is 3. The van der Waals surface area contributed by atoms with Crippen LogP contribution in [0.2, 0.25) is 0 Å². The molecule has 1 spiro atoms. The molecule has 0 unspecified atom stereocenters. The number of carbonyl (C=O) groups excluding carboxylic acids is 1. The third-order valence-electron chi connectivity index (χ3n) is 8.26. The number of likely N-dealkylation sites (N-methyl/N-ethyl adjacent to an activating group) is 1. The summed E-state index contributed by atoms with van der Waals surface area (Å²) >= 11 is 0. The summed E-state index contributed by atoms with van der Waals surface area (Å²) in [5.74, 6) is -0.601. The molecule has 4 heterocycles. The zero-order valence-electron chi connectivity index (χ0n) is 24.8. The second-order valence-electron chi connectivity index (χ2n) is 11.8. The number of ether oxygens (including phenoxy) is 1. The number of H-pyrrole nitrogens is 1. The van der Waals surface area contributed by atoms with Gasteiger partial charge in [-0.05, 0) is 31.0 Å². The van der Waals surface area contributed by atoms with Crippen molar-refractivity contribution in [3.05, 3.63) is 76.2 Å². The number of amides is 1. The van der Waals surface area contributed by atoms with Crippen molar-refractivity contribution < 1.29 is 22.3 Å². The van der Waals surface area contributed by atoms with E-state index in [2.05, 4.69) is 25.0 Å². The van der Waals surface area contributed by atoms with E-state index >= 15 is 4.39 Å². The predicted octanol–water partition coefficient (Wildman–Crippen LogP) is 3.66. The van der Waals surface area contributed by atoms with E-state index in [1.807, 2.05) is 19.9 Å². The molecule has 1 saturated carbocycles. The topological polar surface area (TPSA) is 146 Å². The van der Waals surface area contributed by atoms with Gasteiger partial charge in [0.1, 0.15) is 18.1 Å². The van der Waals surface area contributed by atoms with Crippen molar-refractivity contribution in [2.24, 2.45) is 0 Å². The van der Waals surface area contributed by atoms with Crippen LogP contribution in [0.25, 0.3) is 22.0 Å². The monoisotopic (exact) mass is 620 g/mol. The predicted molar refractivity (Wildman–Crippen MR) is 166 cm³/mol. The summed E-state index contributed by atoms with van der Waals surface area (Å²) in [6.45, 7) is 4.76. The molecule has 230 valence electrons. The standard InChI is InChI=1S/C31H33FN6O5S/c1-17(2)33-8-9-43-29-25(37-44(4,41)42)10-18(15-35-29)20-11-21-24(12-22(20)32)34-16-26-28(21)31(30(40)38(26)3)13-19(14-31)23-6-5-7-27(39)36-23/h5-7,10-12,15-17,19,33,37H,8-9,13-14H2,1-4H3,(H,36,39). The smallest absolute Gasteiger partial charge is 0.248 e. The van der Waals surface area contributed by atoms with E-state index in [9.17, 15) is 18.0 Å². The summed E-state index contributed by atoms with van der Waals surface area (Å²) in [5.41, 5.74) is 2.11. The largest absolute Gasteiger partial charge is 0.475 e. The number of benzene rings is 1. The van der Waals surface area contributed by atoms with Crippen LogP contribution in [-0.4, -0.2) is 61.8 Å². The van der Waals surface area contributed by atoms with Crippen molar-refractivity contribution in [3.63, 3.8) is 0 Å². The van der Waals surface area contributed by atoms with Gasteiger partial charge in [0.25, 0.3) is 0 Å². The second-order valence-corrected chi connectivity index (χ2v) is 13.5. The summed E-state index contributed by atoms with van der Waals surface area (Å²) < 4.78 is 48.2. The number of hydrogen-bond acceptors (Lipinski definition) is 8. The Balaban J connectivity index is 1.41. The third kappa shape index (κ3) is 5.30. The number of rotatable bonds is 9. The quantitative estimate of drug-likeness (QED) is 0.240. The minimum Gasteiger partial charge on any atom is -0.475 e. The van der Waals surface area contributed by atoms with E-state index in [4.69, 9.17) is 4.74 Å². The molecule has 11 nitrogen and oxygen atoms in total. The average Bonchev–Trinajstić information content (AvgIpc) is 3.16. The first-order valence-corrected chi connectivity index (χ1v) is 16.2. The van der Waals surface area contributed by atoms with Crippen LogP contribution in [0.5, 0.6) is 5.88 Å². The van der Waals surface area contributed by atoms with Gasteiger partial charge in [-0.25, -0.2) is 17.8 Å². The molecule has 3 N–H and O–H groups in total. The minimum atomic E-state index is -3.70. The maximum absolute atomic E-state index is 15.7. The first-order valence-electron chi connectivity index (χ1n) is 14.3. The number of anilines is 2. The first kappa shape index (κ1) is 29.7. The molecule has 0 radical (unpaired) electrons. The zero-order valence-corrected chi connectivity index (χ0v) is 25.6. The number of fused-ring (bicyclic) bond motifs is 4. The lowest BCUT2D eigenvalue weighted by molar-refractivity contribution is -0.126. The number of nitrogens with zero attached hydrogens (tertiary/aromatic N) is 3. The lowest BCUT2D eigenvalue weighted by Gasteiger charge is -2.44. The molecule has 6 rings (SSSR count). The van der Waals surface area contributed by atoms with Gasteiger partial charge in [0.15, 0.2) is 0 Å². The maximum atomic E-state index is 15.7. The van der Waals surface area contributed by atoms with Gasteiger partial charge < -0.3 is 19.9 Å². The van der Waals surface area contributed by atoms with Gasteiger partial charge in [0, 0.05) is 71.7 Å². The van der Waals surface area contributed by atoms with Crippen molar-refractivity contribution >= 4 is 38.2 Å². The Kier molecular flexibility index (Phi) is 7.41. The summed E-state index contributed by atoms with van der Waals surface area (Å²) in [7, 11) is -2.00. The third-order valence-corrected chi connectivity index (χ3v) is 8.85. The number of aromatic nitrogens is 3. The Labute approximate surface area is 253 Å². The number of aromatic amines is 1. The van der Waals surface area contributed by atoms with Gasteiger partial charge in [-0.2, -0.15) is 0 Å². The fraction of sp³-hybridized carbons (Fsp3) is 0.355. The highest BCUT2D eigenvalue weighted by atomic mass is 32.2. The normalized spacial score (nSPS) is 19.5. The summed E-state index contributed by atoms with van der Waals surface area (Å²) in [5, 5.41) is 3.83. The van der Waals surface area contributed by atoms with Crippen molar-refractivity contribution in [2.75, 3.05) is 36.1 Å². The molecule has 1 aliphatic heterocycles. The highest BCUT2D eigenvalue weighted by molar-refractivity contribution is 7.92. The van der Waals surface area contributed by atoms with Crippen LogP contribution in [0.15, 0.2) is 53.6 Å². The fourth-order valence-electron chi connectivity index (χ4n) is 6.28. The van der Waals surface area contributed by atoms with Crippen LogP contribution in [0.4, 0.5) is 15.8 Å². The van der Waals surface area contributed by atoms with Crippen molar-refractivity contribution in [1.82, 2.24) is 20.3 Å². The van der Waals surface area contributed by atoms with Crippen molar-refractivity contribution in [1.29, 1.82) is 0 Å². The molecule has 0 bridgehead atoms. The van der Waals surface area contributed by atoms with Crippen LogP contribution in [0.1, 0.15) is 43.9 Å². The molecule has 0 atom stereocenters. The summed E-state index contributed by atoms with van der Waals surface area (Å²) in [6.07, 6.45) is 5.00. The molecule has 1 fully saturated rings. The molecule has 2 aliphatic rings. The Bertz CT molecular complexity index is 1960.